The van der Waals surface area contributed by atoms with Crippen molar-refractivity contribution in [2.24, 2.45) is 0 Å². The molecule has 0 saturated carbocycles. The van der Waals surface area contributed by atoms with Crippen LogP contribution in [0.3, 0.4) is 0 Å². The van der Waals surface area contributed by atoms with E-state index in [0.717, 1.165) is 31.6 Å². The van der Waals surface area contributed by atoms with Crippen molar-refractivity contribution in [3.8, 4) is 0 Å². The summed E-state index contributed by atoms with van der Waals surface area (Å²) in [4.78, 5) is 13.3. The van der Waals surface area contributed by atoms with Gasteiger partial charge >= 0.3 is 0 Å². The largest absolute Gasteiger partial charge is 0.343 e. The third-order valence-corrected chi connectivity index (χ3v) is 7.01. The van der Waals surface area contributed by atoms with Gasteiger partial charge in [-0.3, -0.25) is 4.79 Å². The fourth-order valence-electron chi connectivity index (χ4n) is 2.59. The average Bonchev–Trinajstić information content (AvgIpc) is 2.54. The van der Waals surface area contributed by atoms with E-state index >= 15 is 0 Å². The second-order valence-electron chi connectivity index (χ2n) is 5.95. The first kappa shape index (κ1) is 20.2. The predicted molar refractivity (Wildman–Crippen MR) is 94.8 cm³/mol. The van der Waals surface area contributed by atoms with Crippen LogP contribution in [0.25, 0.3) is 0 Å². The lowest BCUT2D eigenvalue weighted by Gasteiger charge is -2.26. The number of likely N-dealkylation sites (tertiary alicyclic amines) is 1. The zero-order valence-corrected chi connectivity index (χ0v) is 16.3. The third kappa shape index (κ3) is 5.40. The molecule has 140 valence electrons. The molecule has 0 spiro atoms. The number of amides is 1. The highest BCUT2D eigenvalue weighted by Crippen LogP contribution is 2.24. The monoisotopic (exact) mass is 408 g/mol. The van der Waals surface area contributed by atoms with Gasteiger partial charge in [0.05, 0.1) is 9.92 Å². The molecule has 2 rings (SSSR count). The van der Waals surface area contributed by atoms with E-state index in [0.29, 0.717) is 13.1 Å². The summed E-state index contributed by atoms with van der Waals surface area (Å²) >= 11 is 5.90. The summed E-state index contributed by atoms with van der Waals surface area (Å²) in [6, 6.07) is 3.49. The molecule has 1 N–H and O–H groups in total. The molecule has 10 heteroatoms. The van der Waals surface area contributed by atoms with E-state index in [1.54, 1.807) is 4.90 Å². The summed E-state index contributed by atoms with van der Waals surface area (Å²) in [5.74, 6) is -0.0987. The van der Waals surface area contributed by atoms with Crippen molar-refractivity contribution in [2.75, 3.05) is 25.9 Å². The molecule has 0 atom stereocenters. The number of carbonyl (C=O) groups excluding carboxylic acids is 1. The van der Waals surface area contributed by atoms with Crippen molar-refractivity contribution in [1.29, 1.82) is 0 Å². The van der Waals surface area contributed by atoms with Gasteiger partial charge in [0.25, 0.3) is 0 Å². The van der Waals surface area contributed by atoms with Crippen molar-refractivity contribution in [1.82, 2.24) is 9.62 Å². The van der Waals surface area contributed by atoms with Crippen LogP contribution in [0, 0.1) is 0 Å². The molecule has 7 nitrogen and oxygen atoms in total. The summed E-state index contributed by atoms with van der Waals surface area (Å²) in [7, 11) is -7.58. The Kier molecular flexibility index (Phi) is 6.47. The van der Waals surface area contributed by atoms with E-state index in [1.807, 2.05) is 0 Å². The Bertz CT molecular complexity index is 847. The number of benzene rings is 1. The minimum atomic E-state index is -4.02. The number of sulfonamides is 1. The van der Waals surface area contributed by atoms with Crippen LogP contribution in [-0.4, -0.2) is 53.5 Å². The molecule has 1 aliphatic rings. The number of piperidine rings is 1. The van der Waals surface area contributed by atoms with E-state index in [4.69, 9.17) is 11.6 Å². The number of sulfone groups is 1. The third-order valence-electron chi connectivity index (χ3n) is 3.96. The van der Waals surface area contributed by atoms with Gasteiger partial charge in [0, 0.05) is 32.3 Å². The molecule has 1 aromatic rings. The summed E-state index contributed by atoms with van der Waals surface area (Å²) < 4.78 is 50.2. The Morgan fingerprint density at radius 3 is 2.40 bits per heavy atom. The first-order valence-electron chi connectivity index (χ1n) is 7.88. The smallest absolute Gasteiger partial charge is 0.242 e. The van der Waals surface area contributed by atoms with Crippen LogP contribution < -0.4 is 4.72 Å². The van der Waals surface area contributed by atoms with Crippen molar-refractivity contribution in [3.63, 3.8) is 0 Å². The standard InChI is InChI=1S/C15H21ClN2O5S2/c1-24(20,21)12-5-6-13(16)14(11-12)25(22,23)17-8-7-15(19)18-9-3-2-4-10-18/h5-6,11,17H,2-4,7-10H2,1H3. The Balaban J connectivity index is 2.05. The zero-order valence-electron chi connectivity index (χ0n) is 13.9. The molecule has 0 unspecified atom stereocenters. The molecule has 1 heterocycles. The highest BCUT2D eigenvalue weighted by atomic mass is 35.5. The second kappa shape index (κ2) is 8.03. The molecule has 0 aliphatic carbocycles. The van der Waals surface area contributed by atoms with E-state index in [-0.39, 0.29) is 33.7 Å². The maximum atomic E-state index is 12.4. The number of hydrogen-bond donors (Lipinski definition) is 1. The van der Waals surface area contributed by atoms with Gasteiger partial charge in [-0.2, -0.15) is 0 Å². The number of nitrogens with one attached hydrogen (secondary N) is 1. The van der Waals surface area contributed by atoms with Crippen molar-refractivity contribution >= 4 is 37.4 Å². The Morgan fingerprint density at radius 1 is 1.16 bits per heavy atom. The number of rotatable bonds is 6. The van der Waals surface area contributed by atoms with Crippen LogP contribution in [0.1, 0.15) is 25.7 Å². The lowest BCUT2D eigenvalue weighted by atomic mass is 10.1. The van der Waals surface area contributed by atoms with Crippen molar-refractivity contribution < 1.29 is 21.6 Å². The second-order valence-corrected chi connectivity index (χ2v) is 10.1. The van der Waals surface area contributed by atoms with Gasteiger partial charge < -0.3 is 4.90 Å². The van der Waals surface area contributed by atoms with E-state index < -0.39 is 19.9 Å². The number of hydrogen-bond acceptors (Lipinski definition) is 5. The van der Waals surface area contributed by atoms with Crippen LogP contribution in [0.2, 0.25) is 5.02 Å². The van der Waals surface area contributed by atoms with Gasteiger partial charge in [0.1, 0.15) is 4.90 Å². The van der Waals surface area contributed by atoms with Crippen LogP contribution in [-0.2, 0) is 24.7 Å². The minimum Gasteiger partial charge on any atom is -0.343 e. The first-order chi connectivity index (χ1) is 11.6. The summed E-state index contributed by atoms with van der Waals surface area (Å²) in [6.07, 6.45) is 4.06. The van der Waals surface area contributed by atoms with E-state index in [2.05, 4.69) is 4.72 Å². The molecule has 0 radical (unpaired) electrons. The SMILES string of the molecule is CS(=O)(=O)c1ccc(Cl)c(S(=O)(=O)NCCC(=O)N2CCCCC2)c1. The predicted octanol–water partition coefficient (Wildman–Crippen LogP) is 1.42. The fourth-order valence-corrected chi connectivity index (χ4v) is 4.87. The van der Waals surface area contributed by atoms with Gasteiger partial charge in [-0.05, 0) is 37.5 Å². The Morgan fingerprint density at radius 2 is 1.80 bits per heavy atom. The quantitative estimate of drug-likeness (QED) is 0.767. The topological polar surface area (TPSA) is 101 Å². The van der Waals surface area contributed by atoms with E-state index in [9.17, 15) is 21.6 Å². The molecule has 0 bridgehead atoms. The van der Waals surface area contributed by atoms with Gasteiger partial charge in [0.15, 0.2) is 9.84 Å². The maximum Gasteiger partial charge on any atom is 0.242 e. The molecule has 1 amide bonds. The number of nitrogens with zero attached hydrogens (tertiary/aromatic N) is 1. The van der Waals surface area contributed by atoms with Gasteiger partial charge in [-0.25, -0.2) is 21.6 Å². The van der Waals surface area contributed by atoms with Crippen LogP contribution in [0.15, 0.2) is 28.0 Å². The minimum absolute atomic E-state index is 0.0443. The molecular weight excluding hydrogens is 388 g/mol. The van der Waals surface area contributed by atoms with Gasteiger partial charge in [0.2, 0.25) is 15.9 Å². The summed E-state index contributed by atoms with van der Waals surface area (Å²) in [5, 5.41) is -0.0812. The normalized spacial score (nSPS) is 16.0. The van der Waals surface area contributed by atoms with Crippen molar-refractivity contribution in [2.45, 2.75) is 35.5 Å². The first-order valence-corrected chi connectivity index (χ1v) is 11.6. The molecular formula is C15H21ClN2O5S2. The van der Waals surface area contributed by atoms with Crippen LogP contribution in [0.4, 0.5) is 0 Å². The number of carbonyl (C=O) groups is 1. The van der Waals surface area contributed by atoms with Crippen molar-refractivity contribution in [3.05, 3.63) is 23.2 Å². The van der Waals surface area contributed by atoms with Gasteiger partial charge in [-0.15, -0.1) is 0 Å². The lowest BCUT2D eigenvalue weighted by Crippen LogP contribution is -2.37. The number of halogens is 1. The maximum absolute atomic E-state index is 12.4. The van der Waals surface area contributed by atoms with E-state index in [1.165, 1.54) is 12.1 Å². The molecule has 1 saturated heterocycles. The average molecular weight is 409 g/mol. The highest BCUT2D eigenvalue weighted by molar-refractivity contribution is 7.91. The zero-order chi connectivity index (χ0) is 18.7. The molecule has 1 aromatic carbocycles. The van der Waals surface area contributed by atoms with Crippen LogP contribution >= 0.6 is 11.6 Å². The molecule has 1 fully saturated rings. The van der Waals surface area contributed by atoms with Crippen LogP contribution in [0.5, 0.6) is 0 Å². The Labute approximate surface area is 153 Å². The Hall–Kier alpha value is -1.16. The fraction of sp³-hybridized carbons (Fsp3) is 0.533. The summed E-state index contributed by atoms with van der Waals surface area (Å²) in [5.41, 5.74) is 0. The molecule has 1 aliphatic heterocycles. The lowest BCUT2D eigenvalue weighted by molar-refractivity contribution is -0.131. The molecule has 0 aromatic heterocycles. The molecule has 25 heavy (non-hydrogen) atoms. The van der Waals surface area contributed by atoms with Gasteiger partial charge in [-0.1, -0.05) is 11.6 Å². The summed E-state index contributed by atoms with van der Waals surface area (Å²) in [6.45, 7) is 1.33. The highest BCUT2D eigenvalue weighted by Gasteiger charge is 2.22.